The number of benzene rings is 2. The normalized spacial score (nSPS) is 19.3. The minimum absolute atomic E-state index is 0.0762. The molecule has 0 saturated carbocycles. The number of hydrogen-bond donors (Lipinski definition) is 1. The zero-order valence-electron chi connectivity index (χ0n) is 18.5. The molecule has 1 unspecified atom stereocenters. The van der Waals surface area contributed by atoms with Crippen molar-refractivity contribution >= 4 is 17.4 Å². The highest BCUT2D eigenvalue weighted by Gasteiger charge is 2.46. The van der Waals surface area contributed by atoms with E-state index in [0.717, 1.165) is 18.4 Å². The van der Waals surface area contributed by atoms with Crippen molar-refractivity contribution in [2.45, 2.75) is 32.7 Å². The molecule has 0 aliphatic carbocycles. The number of aryl methyl sites for hydroxylation is 1. The number of hydrogen-bond acceptors (Lipinski definition) is 6. The summed E-state index contributed by atoms with van der Waals surface area (Å²) in [6.07, 6.45) is 1.62. The molecule has 0 spiro atoms. The van der Waals surface area contributed by atoms with Gasteiger partial charge < -0.3 is 24.2 Å². The number of carbonyl (C=O) groups excluding carboxylic acids is 2. The van der Waals surface area contributed by atoms with Crippen LogP contribution in [0.2, 0.25) is 0 Å². The molecule has 1 fully saturated rings. The Kier molecular flexibility index (Phi) is 6.08. The van der Waals surface area contributed by atoms with E-state index in [0.29, 0.717) is 48.1 Å². The standard InChI is InChI=1S/C25H27NO6/c1-4-5-10-26-22(16-6-9-19-20(14-16)32-12-11-31-19)21(24(28)25(26)29)23(27)17-7-8-18(30-3)15(2)13-17/h6-9,13-14,22,27H,4-5,10-12H2,1-3H3/b23-21+. The van der Waals surface area contributed by atoms with E-state index in [2.05, 4.69) is 0 Å². The highest BCUT2D eigenvalue weighted by molar-refractivity contribution is 6.46. The highest BCUT2D eigenvalue weighted by atomic mass is 16.6. The third-order valence-electron chi connectivity index (χ3n) is 5.84. The van der Waals surface area contributed by atoms with E-state index < -0.39 is 17.7 Å². The highest BCUT2D eigenvalue weighted by Crippen LogP contribution is 2.42. The van der Waals surface area contributed by atoms with E-state index in [1.807, 2.05) is 19.9 Å². The van der Waals surface area contributed by atoms with E-state index in [9.17, 15) is 14.7 Å². The Bertz CT molecular complexity index is 1090. The van der Waals surface area contributed by atoms with E-state index in [1.54, 1.807) is 42.3 Å². The maximum atomic E-state index is 13.1. The lowest BCUT2D eigenvalue weighted by molar-refractivity contribution is -0.139. The molecule has 1 saturated heterocycles. The van der Waals surface area contributed by atoms with E-state index >= 15 is 0 Å². The van der Waals surface area contributed by atoms with Crippen molar-refractivity contribution in [1.29, 1.82) is 0 Å². The van der Waals surface area contributed by atoms with Gasteiger partial charge in [-0.05, 0) is 54.8 Å². The van der Waals surface area contributed by atoms with Crippen molar-refractivity contribution in [3.63, 3.8) is 0 Å². The number of rotatable bonds is 6. The number of nitrogens with zero attached hydrogens (tertiary/aromatic N) is 1. The van der Waals surface area contributed by atoms with Gasteiger partial charge in [-0.15, -0.1) is 0 Å². The SMILES string of the molecule is CCCCN1C(=O)C(=O)/C(=C(/O)c2ccc(OC)c(C)c2)C1c1ccc2c(c1)OCCO2. The van der Waals surface area contributed by atoms with Gasteiger partial charge in [0.25, 0.3) is 11.7 Å². The molecule has 7 heteroatoms. The smallest absolute Gasteiger partial charge is 0.295 e. The summed E-state index contributed by atoms with van der Waals surface area (Å²) in [6, 6.07) is 9.83. The number of amides is 1. The first kappa shape index (κ1) is 21.7. The Morgan fingerprint density at radius 2 is 1.88 bits per heavy atom. The number of likely N-dealkylation sites (tertiary alicyclic amines) is 1. The molecule has 1 atom stereocenters. The van der Waals surface area contributed by atoms with Gasteiger partial charge in [0.2, 0.25) is 0 Å². The van der Waals surface area contributed by atoms with Crippen molar-refractivity contribution in [3.05, 3.63) is 58.7 Å². The number of carbonyl (C=O) groups is 2. The summed E-state index contributed by atoms with van der Waals surface area (Å²) >= 11 is 0. The van der Waals surface area contributed by atoms with E-state index in [4.69, 9.17) is 14.2 Å². The molecule has 4 rings (SSSR count). The average Bonchev–Trinajstić information content (AvgIpc) is 3.06. The molecule has 0 aromatic heterocycles. The summed E-state index contributed by atoms with van der Waals surface area (Å²) in [4.78, 5) is 27.6. The first-order valence-electron chi connectivity index (χ1n) is 10.8. The molecule has 7 nitrogen and oxygen atoms in total. The Balaban J connectivity index is 1.85. The molecule has 32 heavy (non-hydrogen) atoms. The van der Waals surface area contributed by atoms with Crippen molar-refractivity contribution in [3.8, 4) is 17.2 Å². The fourth-order valence-electron chi connectivity index (χ4n) is 4.20. The van der Waals surface area contributed by atoms with Crippen LogP contribution in [-0.2, 0) is 9.59 Å². The third-order valence-corrected chi connectivity index (χ3v) is 5.84. The first-order chi connectivity index (χ1) is 15.5. The van der Waals surface area contributed by atoms with Gasteiger partial charge in [0.05, 0.1) is 18.7 Å². The Morgan fingerprint density at radius 1 is 1.12 bits per heavy atom. The maximum Gasteiger partial charge on any atom is 0.295 e. The first-order valence-corrected chi connectivity index (χ1v) is 10.8. The number of fused-ring (bicyclic) bond motifs is 1. The molecule has 1 N–H and O–H groups in total. The predicted molar refractivity (Wildman–Crippen MR) is 119 cm³/mol. The van der Waals surface area contributed by atoms with Crippen LogP contribution in [0.25, 0.3) is 5.76 Å². The number of ether oxygens (including phenoxy) is 3. The second-order valence-corrected chi connectivity index (χ2v) is 7.93. The van der Waals surface area contributed by atoms with Crippen LogP contribution in [0.4, 0.5) is 0 Å². The summed E-state index contributed by atoms with van der Waals surface area (Å²) in [5.74, 6) is 0.366. The van der Waals surface area contributed by atoms with Gasteiger partial charge in [-0.2, -0.15) is 0 Å². The van der Waals surface area contributed by atoms with Gasteiger partial charge >= 0.3 is 0 Å². The largest absolute Gasteiger partial charge is 0.507 e. The van der Waals surface area contributed by atoms with Crippen molar-refractivity contribution in [2.24, 2.45) is 0 Å². The lowest BCUT2D eigenvalue weighted by atomic mass is 9.94. The second kappa shape index (κ2) is 8.94. The van der Waals surface area contributed by atoms with Crippen LogP contribution < -0.4 is 14.2 Å². The van der Waals surface area contributed by atoms with Crippen LogP contribution in [0.15, 0.2) is 42.0 Å². The summed E-state index contributed by atoms with van der Waals surface area (Å²) in [5, 5.41) is 11.2. The second-order valence-electron chi connectivity index (χ2n) is 7.93. The van der Waals surface area contributed by atoms with Gasteiger partial charge in [-0.1, -0.05) is 19.4 Å². The fraction of sp³-hybridized carbons (Fsp3) is 0.360. The molecule has 1 amide bonds. The van der Waals surface area contributed by atoms with Crippen molar-refractivity contribution in [1.82, 2.24) is 4.90 Å². The summed E-state index contributed by atoms with van der Waals surface area (Å²) in [6.45, 7) is 5.19. The molecule has 0 bridgehead atoms. The van der Waals surface area contributed by atoms with Gasteiger partial charge in [0.15, 0.2) is 11.5 Å². The maximum absolute atomic E-state index is 13.1. The Morgan fingerprint density at radius 3 is 2.56 bits per heavy atom. The zero-order chi connectivity index (χ0) is 22.8. The number of aliphatic hydroxyl groups is 1. The van der Waals surface area contributed by atoms with Crippen molar-refractivity contribution < 1.29 is 28.9 Å². The molecule has 2 heterocycles. The van der Waals surface area contributed by atoms with Crippen LogP contribution in [0.3, 0.4) is 0 Å². The number of aliphatic hydroxyl groups excluding tert-OH is 1. The predicted octanol–water partition coefficient (Wildman–Crippen LogP) is 4.00. The molecule has 2 aliphatic rings. The van der Waals surface area contributed by atoms with Crippen LogP contribution in [0, 0.1) is 6.92 Å². The summed E-state index contributed by atoms with van der Waals surface area (Å²) in [7, 11) is 1.57. The van der Waals surface area contributed by atoms with Gasteiger partial charge in [0.1, 0.15) is 24.7 Å². The number of Topliss-reactive ketones (excluding diaryl/α,β-unsaturated/α-hetero) is 1. The minimum atomic E-state index is -0.709. The summed E-state index contributed by atoms with van der Waals surface area (Å²) in [5.41, 5.74) is 2.04. The summed E-state index contributed by atoms with van der Waals surface area (Å²) < 4.78 is 16.6. The van der Waals surface area contributed by atoms with Crippen LogP contribution >= 0.6 is 0 Å². The van der Waals surface area contributed by atoms with Crippen LogP contribution in [0.1, 0.15) is 42.5 Å². The molecule has 2 aliphatic heterocycles. The Hall–Kier alpha value is -3.48. The lowest BCUT2D eigenvalue weighted by Gasteiger charge is -2.27. The lowest BCUT2D eigenvalue weighted by Crippen LogP contribution is -2.30. The minimum Gasteiger partial charge on any atom is -0.507 e. The van der Waals surface area contributed by atoms with Gasteiger partial charge in [-0.25, -0.2) is 0 Å². The molecular weight excluding hydrogens is 410 g/mol. The number of unbranched alkanes of at least 4 members (excludes halogenated alkanes) is 1. The van der Waals surface area contributed by atoms with Crippen LogP contribution in [0.5, 0.6) is 17.2 Å². The molecule has 2 aromatic rings. The van der Waals surface area contributed by atoms with E-state index in [1.165, 1.54) is 0 Å². The van der Waals surface area contributed by atoms with E-state index in [-0.39, 0.29) is 11.3 Å². The number of methoxy groups -OCH3 is 1. The zero-order valence-corrected chi connectivity index (χ0v) is 18.5. The monoisotopic (exact) mass is 437 g/mol. The van der Waals surface area contributed by atoms with Gasteiger partial charge in [-0.3, -0.25) is 9.59 Å². The number of ketones is 1. The third kappa shape index (κ3) is 3.79. The molecule has 168 valence electrons. The van der Waals surface area contributed by atoms with Gasteiger partial charge in [0, 0.05) is 12.1 Å². The molecular formula is C25H27NO6. The van der Waals surface area contributed by atoms with Crippen molar-refractivity contribution in [2.75, 3.05) is 26.9 Å². The topological polar surface area (TPSA) is 85.3 Å². The quantitative estimate of drug-likeness (QED) is 0.418. The molecule has 2 aromatic carbocycles. The fourth-order valence-corrected chi connectivity index (χ4v) is 4.20. The Labute approximate surface area is 187 Å². The molecule has 0 radical (unpaired) electrons. The van der Waals surface area contributed by atoms with Crippen LogP contribution in [-0.4, -0.2) is 48.6 Å². The average molecular weight is 437 g/mol.